The van der Waals surface area contributed by atoms with E-state index in [1.807, 2.05) is 18.4 Å². The molecule has 0 spiro atoms. The predicted octanol–water partition coefficient (Wildman–Crippen LogP) is 2.32. The molecule has 1 aromatic heterocycles. The maximum atomic E-state index is 4.47. The number of piperazine rings is 1. The van der Waals surface area contributed by atoms with Crippen LogP contribution in [-0.4, -0.2) is 93.2 Å². The molecule has 2 unspecified atom stereocenters. The summed E-state index contributed by atoms with van der Waals surface area (Å²) in [5, 5.41) is 9.34. The maximum absolute atomic E-state index is 4.47. The van der Waals surface area contributed by atoms with Gasteiger partial charge in [0.2, 0.25) is 0 Å². The van der Waals surface area contributed by atoms with E-state index in [-0.39, 0.29) is 0 Å². The highest BCUT2D eigenvalue weighted by atomic mass is 32.1. The molecule has 2 saturated heterocycles. The molecule has 6 nitrogen and oxygen atoms in total. The van der Waals surface area contributed by atoms with Crippen molar-refractivity contribution in [3.63, 3.8) is 0 Å². The van der Waals surface area contributed by atoms with Gasteiger partial charge in [-0.15, -0.1) is 11.3 Å². The van der Waals surface area contributed by atoms with Gasteiger partial charge in [0.25, 0.3) is 0 Å². The number of nitrogens with one attached hydrogen (secondary N) is 2. The molecule has 2 aliphatic heterocycles. The number of nitrogens with zero attached hydrogens (tertiary/aromatic N) is 4. The molecule has 164 valence electrons. The van der Waals surface area contributed by atoms with Crippen LogP contribution in [0.4, 0.5) is 0 Å². The van der Waals surface area contributed by atoms with Crippen LogP contribution in [0, 0.1) is 5.92 Å². The van der Waals surface area contributed by atoms with Crippen LogP contribution >= 0.6 is 11.3 Å². The first-order valence-electron chi connectivity index (χ1n) is 11.4. The standard InChI is InChI=1S/C22H40N6S/c1-4-26-11-13-27(14-12-26)18-19(2)16-24-22(23-3)25-17-20(21-8-7-15-29-21)28-9-5-6-10-28/h7-8,15,19-20H,4-6,9-14,16-18H2,1-3H3,(H2,23,24,25). The monoisotopic (exact) mass is 420 g/mol. The van der Waals surface area contributed by atoms with Crippen LogP contribution in [0.25, 0.3) is 0 Å². The van der Waals surface area contributed by atoms with E-state index in [9.17, 15) is 0 Å². The summed E-state index contributed by atoms with van der Waals surface area (Å²) in [4.78, 5) is 13.7. The fraction of sp³-hybridized carbons (Fsp3) is 0.773. The zero-order valence-electron chi connectivity index (χ0n) is 18.6. The van der Waals surface area contributed by atoms with Crippen LogP contribution in [0.1, 0.15) is 37.6 Å². The number of likely N-dealkylation sites (tertiary alicyclic amines) is 1. The molecule has 29 heavy (non-hydrogen) atoms. The molecule has 0 aromatic carbocycles. The van der Waals surface area contributed by atoms with E-state index in [0.717, 1.165) is 25.6 Å². The van der Waals surface area contributed by atoms with E-state index in [1.165, 1.54) is 63.5 Å². The lowest BCUT2D eigenvalue weighted by Crippen LogP contribution is -2.49. The molecule has 0 radical (unpaired) electrons. The molecule has 2 N–H and O–H groups in total. The number of hydrogen-bond acceptors (Lipinski definition) is 5. The molecule has 0 bridgehead atoms. The molecule has 0 saturated carbocycles. The summed E-state index contributed by atoms with van der Waals surface area (Å²) in [6.07, 6.45) is 2.64. The van der Waals surface area contributed by atoms with Gasteiger partial charge in [-0.1, -0.05) is 19.9 Å². The molecule has 3 rings (SSSR count). The highest BCUT2D eigenvalue weighted by molar-refractivity contribution is 7.10. The van der Waals surface area contributed by atoms with Crippen molar-refractivity contribution in [2.24, 2.45) is 10.9 Å². The van der Waals surface area contributed by atoms with Gasteiger partial charge < -0.3 is 20.4 Å². The van der Waals surface area contributed by atoms with Crippen LogP contribution in [0.3, 0.4) is 0 Å². The molecular weight excluding hydrogens is 380 g/mol. The largest absolute Gasteiger partial charge is 0.356 e. The zero-order valence-corrected chi connectivity index (χ0v) is 19.4. The van der Waals surface area contributed by atoms with Gasteiger partial charge in [-0.3, -0.25) is 9.89 Å². The fourth-order valence-electron chi connectivity index (χ4n) is 4.42. The first-order chi connectivity index (χ1) is 14.2. The predicted molar refractivity (Wildman–Crippen MR) is 125 cm³/mol. The Morgan fingerprint density at radius 2 is 1.76 bits per heavy atom. The van der Waals surface area contributed by atoms with E-state index in [0.29, 0.717) is 12.0 Å². The van der Waals surface area contributed by atoms with Crippen LogP contribution in [0.2, 0.25) is 0 Å². The second-order valence-corrected chi connectivity index (χ2v) is 9.43. The Morgan fingerprint density at radius 3 is 2.38 bits per heavy atom. The first kappa shape index (κ1) is 22.5. The Balaban J connectivity index is 1.41. The van der Waals surface area contributed by atoms with Crippen molar-refractivity contribution < 1.29 is 0 Å². The van der Waals surface area contributed by atoms with Gasteiger partial charge in [0, 0.05) is 57.7 Å². The molecule has 3 heterocycles. The van der Waals surface area contributed by atoms with Gasteiger partial charge in [0.1, 0.15) is 0 Å². The lowest BCUT2D eigenvalue weighted by molar-refractivity contribution is 0.124. The van der Waals surface area contributed by atoms with Crippen molar-refractivity contribution in [3.8, 4) is 0 Å². The fourth-order valence-corrected chi connectivity index (χ4v) is 5.28. The van der Waals surface area contributed by atoms with Crippen molar-refractivity contribution in [3.05, 3.63) is 22.4 Å². The normalized spacial score (nSPS) is 22.0. The van der Waals surface area contributed by atoms with Crippen LogP contribution in [0.5, 0.6) is 0 Å². The van der Waals surface area contributed by atoms with Crippen molar-refractivity contribution in [1.82, 2.24) is 25.3 Å². The Labute approximate surface area is 181 Å². The zero-order chi connectivity index (χ0) is 20.5. The number of likely N-dealkylation sites (N-methyl/N-ethyl adjacent to an activating group) is 1. The Bertz CT molecular complexity index is 590. The summed E-state index contributed by atoms with van der Waals surface area (Å²) in [6, 6.07) is 4.88. The van der Waals surface area contributed by atoms with Crippen LogP contribution in [-0.2, 0) is 0 Å². The summed E-state index contributed by atoms with van der Waals surface area (Å²) in [5.74, 6) is 1.53. The average molecular weight is 421 g/mol. The van der Waals surface area contributed by atoms with E-state index >= 15 is 0 Å². The molecule has 0 amide bonds. The highest BCUT2D eigenvalue weighted by Crippen LogP contribution is 2.27. The highest BCUT2D eigenvalue weighted by Gasteiger charge is 2.24. The topological polar surface area (TPSA) is 46.1 Å². The molecule has 1 aromatic rings. The number of hydrogen-bond donors (Lipinski definition) is 2. The van der Waals surface area contributed by atoms with Crippen molar-refractivity contribution in [2.45, 2.75) is 32.7 Å². The number of rotatable bonds is 9. The summed E-state index contributed by atoms with van der Waals surface area (Å²) >= 11 is 1.87. The molecule has 0 aliphatic carbocycles. The van der Waals surface area contributed by atoms with Crippen molar-refractivity contribution in [2.75, 3.05) is 72.5 Å². The summed E-state index contributed by atoms with van der Waals surface area (Å²) in [5.41, 5.74) is 0. The lowest BCUT2D eigenvalue weighted by atomic mass is 10.1. The molecule has 2 fully saturated rings. The second-order valence-electron chi connectivity index (χ2n) is 8.45. The van der Waals surface area contributed by atoms with Crippen LogP contribution in [0.15, 0.2) is 22.5 Å². The molecule has 2 aliphatic rings. The minimum absolute atomic E-state index is 0.448. The van der Waals surface area contributed by atoms with Crippen molar-refractivity contribution >= 4 is 17.3 Å². The molecule has 7 heteroatoms. The van der Waals surface area contributed by atoms with Gasteiger partial charge in [-0.2, -0.15) is 0 Å². The van der Waals surface area contributed by atoms with Crippen molar-refractivity contribution in [1.29, 1.82) is 0 Å². The number of thiophene rings is 1. The summed E-state index contributed by atoms with van der Waals surface area (Å²) < 4.78 is 0. The Morgan fingerprint density at radius 1 is 1.07 bits per heavy atom. The third-order valence-corrected chi connectivity index (χ3v) is 7.21. The molecule has 2 atom stereocenters. The van der Waals surface area contributed by atoms with Gasteiger partial charge in [0.15, 0.2) is 5.96 Å². The van der Waals surface area contributed by atoms with Crippen LogP contribution < -0.4 is 10.6 Å². The minimum atomic E-state index is 0.448. The summed E-state index contributed by atoms with van der Waals surface area (Å²) in [6.45, 7) is 16.0. The SMILES string of the molecule is CCN1CCN(CC(C)CNC(=NC)NCC(c2cccs2)N2CCCC2)CC1. The first-order valence-corrected chi connectivity index (χ1v) is 12.2. The maximum Gasteiger partial charge on any atom is 0.191 e. The van der Waals surface area contributed by atoms with E-state index in [1.54, 1.807) is 0 Å². The second kappa shape index (κ2) is 11.9. The smallest absolute Gasteiger partial charge is 0.191 e. The number of aliphatic imine (C=N–C) groups is 1. The Kier molecular flexibility index (Phi) is 9.24. The van der Waals surface area contributed by atoms with Gasteiger partial charge in [-0.05, 0) is 49.8 Å². The van der Waals surface area contributed by atoms with Gasteiger partial charge in [-0.25, -0.2) is 0 Å². The van der Waals surface area contributed by atoms with E-state index in [4.69, 9.17) is 0 Å². The number of guanidine groups is 1. The molecular formula is C22H40N6S. The van der Waals surface area contributed by atoms with E-state index < -0.39 is 0 Å². The minimum Gasteiger partial charge on any atom is -0.356 e. The quantitative estimate of drug-likeness (QED) is 0.474. The third-order valence-electron chi connectivity index (χ3n) is 6.24. The van der Waals surface area contributed by atoms with E-state index in [2.05, 4.69) is 61.7 Å². The van der Waals surface area contributed by atoms with Gasteiger partial charge in [0.05, 0.1) is 6.04 Å². The Hall–Kier alpha value is -1.15. The summed E-state index contributed by atoms with van der Waals surface area (Å²) in [7, 11) is 1.87. The third kappa shape index (κ3) is 6.95. The lowest BCUT2D eigenvalue weighted by Gasteiger charge is -2.35. The average Bonchev–Trinajstić information content (AvgIpc) is 3.46. The van der Waals surface area contributed by atoms with Gasteiger partial charge >= 0.3 is 0 Å².